The predicted octanol–water partition coefficient (Wildman–Crippen LogP) is 2.87. The average molecular weight is 294 g/mol. The van der Waals surface area contributed by atoms with E-state index in [1.807, 2.05) is 6.07 Å². The minimum atomic E-state index is 0.321. The highest BCUT2D eigenvalue weighted by atomic mass is 15.6. The number of rotatable bonds is 2. The van der Waals surface area contributed by atoms with Crippen LogP contribution in [0.25, 0.3) is 0 Å². The average Bonchev–Trinajstić information content (AvgIpc) is 2.95. The van der Waals surface area contributed by atoms with Crippen molar-refractivity contribution in [2.75, 3.05) is 13.1 Å². The molecule has 1 atom stereocenters. The van der Waals surface area contributed by atoms with E-state index in [4.69, 9.17) is 4.99 Å². The Morgan fingerprint density at radius 1 is 1.09 bits per heavy atom. The second-order valence-corrected chi connectivity index (χ2v) is 6.19. The molecule has 4 rings (SSSR count). The number of hydrogen-bond acceptors (Lipinski definition) is 4. The highest BCUT2D eigenvalue weighted by molar-refractivity contribution is 6.10. The van der Waals surface area contributed by atoms with E-state index in [2.05, 4.69) is 58.7 Å². The SMILES string of the molecule is CC1C=C2N=C(c3ccccc3)C=C(N3CCCCC3)N2N1. The molecule has 1 aromatic carbocycles. The molecule has 4 nitrogen and oxygen atoms in total. The summed E-state index contributed by atoms with van der Waals surface area (Å²) in [4.78, 5) is 7.33. The van der Waals surface area contributed by atoms with E-state index in [1.54, 1.807) is 0 Å². The molecular formula is C18H22N4. The zero-order chi connectivity index (χ0) is 14.9. The van der Waals surface area contributed by atoms with E-state index in [0.717, 1.165) is 24.6 Å². The molecule has 1 aromatic rings. The van der Waals surface area contributed by atoms with Crippen molar-refractivity contribution < 1.29 is 0 Å². The van der Waals surface area contributed by atoms with E-state index in [-0.39, 0.29) is 0 Å². The molecule has 1 unspecified atom stereocenters. The van der Waals surface area contributed by atoms with Gasteiger partial charge in [-0.25, -0.2) is 15.4 Å². The molecule has 4 heteroatoms. The van der Waals surface area contributed by atoms with E-state index in [9.17, 15) is 0 Å². The van der Waals surface area contributed by atoms with Gasteiger partial charge in [0.1, 0.15) is 11.6 Å². The van der Waals surface area contributed by atoms with Gasteiger partial charge in [-0.15, -0.1) is 0 Å². The van der Waals surface area contributed by atoms with Crippen LogP contribution >= 0.6 is 0 Å². The summed E-state index contributed by atoms with van der Waals surface area (Å²) in [5.41, 5.74) is 5.73. The Hall–Kier alpha value is -2.07. The number of hydrazine groups is 1. The van der Waals surface area contributed by atoms with Gasteiger partial charge < -0.3 is 4.90 Å². The summed E-state index contributed by atoms with van der Waals surface area (Å²) in [6.07, 6.45) is 8.31. The van der Waals surface area contributed by atoms with Crippen LogP contribution in [0.15, 0.2) is 59.1 Å². The van der Waals surface area contributed by atoms with Gasteiger partial charge in [0.05, 0.1) is 5.71 Å². The molecule has 0 saturated carbocycles. The summed E-state index contributed by atoms with van der Waals surface area (Å²) < 4.78 is 0. The molecule has 0 spiro atoms. The Kier molecular flexibility index (Phi) is 3.47. The summed E-state index contributed by atoms with van der Waals surface area (Å²) >= 11 is 0. The molecule has 3 aliphatic heterocycles. The molecule has 22 heavy (non-hydrogen) atoms. The first kappa shape index (κ1) is 13.6. The molecular weight excluding hydrogens is 272 g/mol. The number of allylic oxidation sites excluding steroid dienone is 1. The molecule has 0 bridgehead atoms. The van der Waals surface area contributed by atoms with Crippen LogP contribution in [0.2, 0.25) is 0 Å². The molecule has 3 heterocycles. The number of nitrogens with one attached hydrogen (secondary N) is 1. The molecule has 3 aliphatic rings. The van der Waals surface area contributed by atoms with Crippen molar-refractivity contribution in [3.8, 4) is 0 Å². The first-order valence-corrected chi connectivity index (χ1v) is 8.20. The second-order valence-electron chi connectivity index (χ2n) is 6.19. The van der Waals surface area contributed by atoms with E-state index in [0.29, 0.717) is 6.04 Å². The third-order valence-electron chi connectivity index (χ3n) is 4.44. The van der Waals surface area contributed by atoms with Crippen molar-refractivity contribution >= 4 is 5.71 Å². The van der Waals surface area contributed by atoms with Crippen LogP contribution in [0.5, 0.6) is 0 Å². The lowest BCUT2D eigenvalue weighted by molar-refractivity contribution is 0.176. The number of fused-ring (bicyclic) bond motifs is 1. The zero-order valence-corrected chi connectivity index (χ0v) is 13.0. The minimum absolute atomic E-state index is 0.321. The normalized spacial score (nSPS) is 24.6. The van der Waals surface area contributed by atoms with E-state index in [1.165, 1.54) is 30.6 Å². The first-order valence-electron chi connectivity index (χ1n) is 8.20. The molecule has 1 saturated heterocycles. The monoisotopic (exact) mass is 294 g/mol. The summed E-state index contributed by atoms with van der Waals surface area (Å²) in [6, 6.07) is 10.8. The third kappa shape index (κ3) is 2.44. The van der Waals surface area contributed by atoms with Crippen molar-refractivity contribution in [2.24, 2.45) is 4.99 Å². The maximum Gasteiger partial charge on any atom is 0.147 e. The van der Waals surface area contributed by atoms with Crippen molar-refractivity contribution in [3.63, 3.8) is 0 Å². The maximum absolute atomic E-state index is 4.85. The summed E-state index contributed by atoms with van der Waals surface area (Å²) in [7, 11) is 0. The third-order valence-corrected chi connectivity index (χ3v) is 4.44. The fraction of sp³-hybridized carbons (Fsp3) is 0.389. The van der Waals surface area contributed by atoms with Gasteiger partial charge in [0.25, 0.3) is 0 Å². The smallest absolute Gasteiger partial charge is 0.147 e. The molecule has 1 fully saturated rings. The van der Waals surface area contributed by atoms with Crippen LogP contribution < -0.4 is 5.43 Å². The Bertz CT molecular complexity index is 638. The number of benzene rings is 1. The maximum atomic E-state index is 4.85. The van der Waals surface area contributed by atoms with Crippen molar-refractivity contribution in [2.45, 2.75) is 32.2 Å². The zero-order valence-electron chi connectivity index (χ0n) is 13.0. The number of piperidine rings is 1. The Balaban J connectivity index is 1.73. The van der Waals surface area contributed by atoms with Gasteiger partial charge in [-0.1, -0.05) is 30.3 Å². The lowest BCUT2D eigenvalue weighted by atomic mass is 10.1. The fourth-order valence-corrected chi connectivity index (χ4v) is 3.33. The van der Waals surface area contributed by atoms with Crippen LogP contribution in [-0.2, 0) is 0 Å². The van der Waals surface area contributed by atoms with Crippen LogP contribution in [0.1, 0.15) is 31.7 Å². The topological polar surface area (TPSA) is 30.9 Å². The Labute approximate surface area is 131 Å². The minimum Gasteiger partial charge on any atom is -0.357 e. The van der Waals surface area contributed by atoms with Crippen LogP contribution in [0.3, 0.4) is 0 Å². The largest absolute Gasteiger partial charge is 0.357 e. The molecule has 114 valence electrons. The van der Waals surface area contributed by atoms with Gasteiger partial charge >= 0.3 is 0 Å². The second kappa shape index (κ2) is 5.61. The molecule has 0 amide bonds. The molecule has 0 aromatic heterocycles. The first-order chi connectivity index (χ1) is 10.8. The predicted molar refractivity (Wildman–Crippen MR) is 89.0 cm³/mol. The standard InChI is InChI=1S/C18H22N4/c1-14-12-17-19-16(15-8-4-2-5-9-15)13-18(22(17)20-14)21-10-6-3-7-11-21/h2,4-5,8-9,12-14,20H,3,6-7,10-11H2,1H3. The van der Waals surface area contributed by atoms with Gasteiger partial charge in [0.15, 0.2) is 0 Å². The molecule has 1 N–H and O–H groups in total. The van der Waals surface area contributed by atoms with Gasteiger partial charge in [-0.05, 0) is 32.3 Å². The van der Waals surface area contributed by atoms with Gasteiger partial charge in [0.2, 0.25) is 0 Å². The fourth-order valence-electron chi connectivity index (χ4n) is 3.33. The van der Waals surface area contributed by atoms with E-state index < -0.39 is 0 Å². The summed E-state index contributed by atoms with van der Waals surface area (Å²) in [6.45, 7) is 4.43. The lowest BCUT2D eigenvalue weighted by Crippen LogP contribution is -2.45. The highest BCUT2D eigenvalue weighted by Gasteiger charge is 2.30. The van der Waals surface area contributed by atoms with Crippen molar-refractivity contribution in [1.29, 1.82) is 0 Å². The molecule has 0 aliphatic carbocycles. The van der Waals surface area contributed by atoms with Crippen LogP contribution in [0.4, 0.5) is 0 Å². The van der Waals surface area contributed by atoms with Crippen molar-refractivity contribution in [3.05, 3.63) is 59.7 Å². The van der Waals surface area contributed by atoms with Crippen molar-refractivity contribution in [1.82, 2.24) is 15.3 Å². The Morgan fingerprint density at radius 3 is 2.64 bits per heavy atom. The van der Waals surface area contributed by atoms with Gasteiger partial charge in [0, 0.05) is 30.8 Å². The lowest BCUT2D eigenvalue weighted by Gasteiger charge is -2.38. The van der Waals surface area contributed by atoms with Gasteiger partial charge in [-0.2, -0.15) is 0 Å². The molecule has 0 radical (unpaired) electrons. The van der Waals surface area contributed by atoms with Gasteiger partial charge in [-0.3, -0.25) is 0 Å². The van der Waals surface area contributed by atoms with Crippen LogP contribution in [0, 0.1) is 0 Å². The Morgan fingerprint density at radius 2 is 1.86 bits per heavy atom. The van der Waals surface area contributed by atoms with Crippen LogP contribution in [-0.4, -0.2) is 34.8 Å². The number of nitrogens with zero attached hydrogens (tertiary/aromatic N) is 3. The highest BCUT2D eigenvalue weighted by Crippen LogP contribution is 2.28. The number of aliphatic imine (C=N–C) groups is 1. The quantitative estimate of drug-likeness (QED) is 0.910. The summed E-state index contributed by atoms with van der Waals surface area (Å²) in [5, 5.41) is 2.16. The number of likely N-dealkylation sites (tertiary alicyclic amines) is 1. The number of hydrogen-bond donors (Lipinski definition) is 1. The summed E-state index contributed by atoms with van der Waals surface area (Å²) in [5.74, 6) is 2.26. The van der Waals surface area contributed by atoms with E-state index >= 15 is 0 Å².